The van der Waals surface area contributed by atoms with Gasteiger partial charge < -0.3 is 10.1 Å². The Hall–Kier alpha value is -1.66. The van der Waals surface area contributed by atoms with Crippen LogP contribution in [-0.4, -0.2) is 43.5 Å². The van der Waals surface area contributed by atoms with Crippen LogP contribution in [0.4, 0.5) is 10.1 Å². The molecule has 1 N–H and O–H groups in total. The van der Waals surface area contributed by atoms with Crippen molar-refractivity contribution in [2.45, 2.75) is 13.3 Å². The second-order valence-corrected chi connectivity index (χ2v) is 4.78. The molecule has 0 spiro atoms. The summed E-state index contributed by atoms with van der Waals surface area (Å²) in [7, 11) is 1.32. The number of esters is 1. The number of carbonyl (C=O) groups excluding carboxylic acids is 2. The Morgan fingerprint density at radius 3 is 2.71 bits per heavy atom. The van der Waals surface area contributed by atoms with Crippen LogP contribution >= 0.6 is 11.6 Å². The number of carbonyl (C=O) groups is 2. The maximum absolute atomic E-state index is 13.0. The van der Waals surface area contributed by atoms with Gasteiger partial charge in [0, 0.05) is 12.2 Å². The van der Waals surface area contributed by atoms with Crippen LogP contribution in [0.2, 0.25) is 5.02 Å². The van der Waals surface area contributed by atoms with E-state index in [1.54, 1.807) is 4.90 Å². The third-order valence-corrected chi connectivity index (χ3v) is 3.17. The minimum absolute atomic E-state index is 0.0501. The summed E-state index contributed by atoms with van der Waals surface area (Å²) in [5, 5.41) is 2.58. The standard InChI is InChI=1S/C14H18ClFN2O3/c1-3-18(7-6-14(20)21-2)9-13(19)17-10-4-5-12(16)11(15)8-10/h4-5,8H,3,6-7,9H2,1-2H3,(H,17,19). The summed E-state index contributed by atoms with van der Waals surface area (Å²) in [6.07, 6.45) is 0.222. The predicted molar refractivity (Wildman–Crippen MR) is 78.8 cm³/mol. The molecule has 1 aromatic carbocycles. The van der Waals surface area contributed by atoms with Gasteiger partial charge in [-0.2, -0.15) is 0 Å². The summed E-state index contributed by atoms with van der Waals surface area (Å²) in [5.41, 5.74) is 0.426. The number of hydrogen-bond donors (Lipinski definition) is 1. The number of rotatable bonds is 7. The molecule has 7 heteroatoms. The number of ether oxygens (including phenoxy) is 1. The van der Waals surface area contributed by atoms with Crippen molar-refractivity contribution in [2.75, 3.05) is 32.1 Å². The second kappa shape index (κ2) is 8.59. The van der Waals surface area contributed by atoms with Gasteiger partial charge in [-0.05, 0) is 24.7 Å². The first-order valence-electron chi connectivity index (χ1n) is 6.50. The lowest BCUT2D eigenvalue weighted by Crippen LogP contribution is -2.34. The number of halogens is 2. The highest BCUT2D eigenvalue weighted by Gasteiger charge is 2.12. The van der Waals surface area contributed by atoms with Crippen molar-refractivity contribution >= 4 is 29.2 Å². The monoisotopic (exact) mass is 316 g/mol. The average Bonchev–Trinajstić information content (AvgIpc) is 2.46. The number of anilines is 1. The zero-order valence-electron chi connectivity index (χ0n) is 12.0. The smallest absolute Gasteiger partial charge is 0.306 e. The van der Waals surface area contributed by atoms with Gasteiger partial charge in [0.2, 0.25) is 5.91 Å². The van der Waals surface area contributed by atoms with E-state index in [1.807, 2.05) is 6.92 Å². The van der Waals surface area contributed by atoms with Gasteiger partial charge in [-0.15, -0.1) is 0 Å². The molecule has 1 aromatic rings. The normalized spacial score (nSPS) is 10.5. The number of nitrogens with zero attached hydrogens (tertiary/aromatic N) is 1. The molecular weight excluding hydrogens is 299 g/mol. The molecular formula is C14H18ClFN2O3. The highest BCUT2D eigenvalue weighted by molar-refractivity contribution is 6.31. The van der Waals surface area contributed by atoms with Crippen molar-refractivity contribution in [3.05, 3.63) is 29.0 Å². The topological polar surface area (TPSA) is 58.6 Å². The van der Waals surface area contributed by atoms with Crippen LogP contribution < -0.4 is 5.32 Å². The lowest BCUT2D eigenvalue weighted by atomic mass is 10.3. The number of amides is 1. The lowest BCUT2D eigenvalue weighted by Gasteiger charge is -2.19. The summed E-state index contributed by atoms with van der Waals surface area (Å²) in [6.45, 7) is 3.07. The van der Waals surface area contributed by atoms with Crippen LogP contribution in [0.1, 0.15) is 13.3 Å². The summed E-state index contributed by atoms with van der Waals surface area (Å²) in [4.78, 5) is 24.8. The molecule has 21 heavy (non-hydrogen) atoms. The molecule has 0 aliphatic heterocycles. The van der Waals surface area contributed by atoms with E-state index in [0.717, 1.165) is 0 Å². The molecule has 0 saturated carbocycles. The van der Waals surface area contributed by atoms with Crippen molar-refractivity contribution in [2.24, 2.45) is 0 Å². The summed E-state index contributed by atoms with van der Waals surface area (Å²) in [6, 6.07) is 3.97. The molecule has 0 unspecified atom stereocenters. The first-order valence-corrected chi connectivity index (χ1v) is 6.88. The quantitative estimate of drug-likeness (QED) is 0.784. The molecule has 0 radical (unpaired) electrons. The van der Waals surface area contributed by atoms with E-state index in [2.05, 4.69) is 10.1 Å². The van der Waals surface area contributed by atoms with Crippen LogP contribution in [-0.2, 0) is 14.3 Å². The maximum atomic E-state index is 13.0. The highest BCUT2D eigenvalue weighted by Crippen LogP contribution is 2.19. The van der Waals surface area contributed by atoms with Gasteiger partial charge in [-0.25, -0.2) is 4.39 Å². The Morgan fingerprint density at radius 2 is 2.14 bits per heavy atom. The lowest BCUT2D eigenvalue weighted by molar-refractivity contribution is -0.141. The Labute approximate surface area is 128 Å². The van der Waals surface area contributed by atoms with Crippen LogP contribution in [0.3, 0.4) is 0 Å². The minimum Gasteiger partial charge on any atom is -0.469 e. The highest BCUT2D eigenvalue weighted by atomic mass is 35.5. The fourth-order valence-corrected chi connectivity index (χ4v) is 1.86. The molecule has 116 valence electrons. The average molecular weight is 317 g/mol. The van der Waals surface area contributed by atoms with Gasteiger partial charge in [0.1, 0.15) is 5.82 Å². The molecule has 0 heterocycles. The predicted octanol–water partition coefficient (Wildman–Crippen LogP) is 2.30. The molecule has 0 saturated heterocycles. The molecule has 0 aliphatic carbocycles. The first-order chi connectivity index (χ1) is 9.96. The van der Waals surface area contributed by atoms with Gasteiger partial charge in [0.25, 0.3) is 0 Å². The van der Waals surface area contributed by atoms with Crippen molar-refractivity contribution in [1.29, 1.82) is 0 Å². The van der Waals surface area contributed by atoms with E-state index in [4.69, 9.17) is 11.6 Å². The van der Waals surface area contributed by atoms with Crippen molar-refractivity contribution in [3.63, 3.8) is 0 Å². The van der Waals surface area contributed by atoms with Gasteiger partial charge in [0.15, 0.2) is 0 Å². The zero-order chi connectivity index (χ0) is 15.8. The number of hydrogen-bond acceptors (Lipinski definition) is 4. The Bertz CT molecular complexity index is 511. The summed E-state index contributed by atoms with van der Waals surface area (Å²) in [5.74, 6) is -1.12. The van der Waals surface area contributed by atoms with Crippen molar-refractivity contribution in [3.8, 4) is 0 Å². The van der Waals surface area contributed by atoms with Gasteiger partial charge >= 0.3 is 5.97 Å². The third-order valence-electron chi connectivity index (χ3n) is 2.88. The van der Waals surface area contributed by atoms with E-state index in [-0.39, 0.29) is 29.9 Å². The first kappa shape index (κ1) is 17.4. The van der Waals surface area contributed by atoms with Crippen LogP contribution in [0.5, 0.6) is 0 Å². The number of benzene rings is 1. The van der Waals surface area contributed by atoms with Crippen LogP contribution in [0, 0.1) is 5.82 Å². The Kier molecular flexibility index (Phi) is 7.11. The van der Waals surface area contributed by atoms with Crippen LogP contribution in [0.25, 0.3) is 0 Å². The molecule has 5 nitrogen and oxygen atoms in total. The second-order valence-electron chi connectivity index (χ2n) is 4.37. The molecule has 0 fully saturated rings. The maximum Gasteiger partial charge on any atom is 0.306 e. The van der Waals surface area contributed by atoms with E-state index in [0.29, 0.717) is 18.8 Å². The van der Waals surface area contributed by atoms with Crippen molar-refractivity contribution in [1.82, 2.24) is 4.90 Å². The number of likely N-dealkylation sites (N-methyl/N-ethyl adjacent to an activating group) is 1. The van der Waals surface area contributed by atoms with Crippen LogP contribution in [0.15, 0.2) is 18.2 Å². The van der Waals surface area contributed by atoms with Gasteiger partial charge in [0.05, 0.1) is 25.1 Å². The molecule has 0 atom stereocenters. The van der Waals surface area contributed by atoms with E-state index < -0.39 is 5.82 Å². The zero-order valence-corrected chi connectivity index (χ0v) is 12.7. The fourth-order valence-electron chi connectivity index (χ4n) is 1.68. The summed E-state index contributed by atoms with van der Waals surface area (Å²) < 4.78 is 17.6. The molecule has 1 rings (SSSR count). The Balaban J connectivity index is 2.50. The van der Waals surface area contributed by atoms with Gasteiger partial charge in [-0.3, -0.25) is 14.5 Å². The number of methoxy groups -OCH3 is 1. The molecule has 0 aliphatic rings. The SMILES string of the molecule is CCN(CCC(=O)OC)CC(=O)Nc1ccc(F)c(Cl)c1. The fraction of sp³-hybridized carbons (Fsp3) is 0.429. The largest absolute Gasteiger partial charge is 0.469 e. The number of nitrogens with one attached hydrogen (secondary N) is 1. The van der Waals surface area contributed by atoms with E-state index >= 15 is 0 Å². The third kappa shape index (κ3) is 6.10. The molecule has 0 aromatic heterocycles. The minimum atomic E-state index is -0.539. The molecule has 1 amide bonds. The van der Waals surface area contributed by atoms with Gasteiger partial charge in [-0.1, -0.05) is 18.5 Å². The van der Waals surface area contributed by atoms with E-state index in [9.17, 15) is 14.0 Å². The molecule has 0 bridgehead atoms. The van der Waals surface area contributed by atoms with E-state index in [1.165, 1.54) is 25.3 Å². The Morgan fingerprint density at radius 1 is 1.43 bits per heavy atom. The summed E-state index contributed by atoms with van der Waals surface area (Å²) >= 11 is 5.64. The van der Waals surface area contributed by atoms with Crippen molar-refractivity contribution < 1.29 is 18.7 Å².